The zero-order valence-corrected chi connectivity index (χ0v) is 65.4. The Morgan fingerprint density at radius 3 is 0.790 bits per heavy atom. The summed E-state index contributed by atoms with van der Waals surface area (Å²) in [6, 6.07) is 0. The first-order valence-corrected chi connectivity index (χ1v) is 43.2. The minimum absolute atomic E-state index is 0.0847. The van der Waals surface area contributed by atoms with Crippen LogP contribution >= 0.6 is 15.6 Å². The quantitative estimate of drug-likeness (QED) is 0.0169. The van der Waals surface area contributed by atoms with Crippen LogP contribution in [0.1, 0.15) is 362 Å². The molecule has 0 aliphatic heterocycles. The number of esters is 4. The van der Waals surface area contributed by atoms with Crippen molar-refractivity contribution in [2.24, 2.45) is 0 Å². The molecule has 0 saturated carbocycles. The van der Waals surface area contributed by atoms with Gasteiger partial charge >= 0.3 is 39.5 Å². The average molecular weight is 1450 g/mol. The first-order chi connectivity index (χ1) is 48.7. The minimum Gasteiger partial charge on any atom is -0.462 e. The van der Waals surface area contributed by atoms with Crippen molar-refractivity contribution < 1.29 is 80.2 Å². The maximum Gasteiger partial charge on any atom is 0.472 e. The highest BCUT2D eigenvalue weighted by atomic mass is 31.2. The van der Waals surface area contributed by atoms with Gasteiger partial charge in [0.2, 0.25) is 0 Å². The molecular formula is C81H146O17P2. The van der Waals surface area contributed by atoms with Crippen molar-refractivity contribution in [3.63, 3.8) is 0 Å². The van der Waals surface area contributed by atoms with E-state index in [2.05, 4.69) is 101 Å². The van der Waals surface area contributed by atoms with Crippen molar-refractivity contribution in [2.75, 3.05) is 39.6 Å². The van der Waals surface area contributed by atoms with Gasteiger partial charge in [0.1, 0.15) is 19.3 Å². The van der Waals surface area contributed by atoms with Crippen molar-refractivity contribution >= 4 is 39.5 Å². The molecule has 0 aromatic carbocycles. The van der Waals surface area contributed by atoms with Crippen LogP contribution in [-0.2, 0) is 65.4 Å². The van der Waals surface area contributed by atoms with E-state index in [0.717, 1.165) is 167 Å². The molecule has 3 N–H and O–H groups in total. The first kappa shape index (κ1) is 96.5. The van der Waals surface area contributed by atoms with Gasteiger partial charge in [0.25, 0.3) is 0 Å². The Balaban J connectivity index is 5.32. The molecule has 0 amide bonds. The van der Waals surface area contributed by atoms with Crippen LogP contribution in [0.4, 0.5) is 0 Å². The summed E-state index contributed by atoms with van der Waals surface area (Å²) in [6.45, 7) is 4.82. The lowest BCUT2D eigenvalue weighted by atomic mass is 10.0. The van der Waals surface area contributed by atoms with Crippen molar-refractivity contribution in [1.82, 2.24) is 0 Å². The first-order valence-electron chi connectivity index (χ1n) is 40.2. The van der Waals surface area contributed by atoms with Gasteiger partial charge in [0, 0.05) is 25.7 Å². The summed E-state index contributed by atoms with van der Waals surface area (Å²) in [4.78, 5) is 72.9. The van der Waals surface area contributed by atoms with Crippen LogP contribution in [0, 0.1) is 0 Å². The van der Waals surface area contributed by atoms with Crippen molar-refractivity contribution in [2.45, 2.75) is 380 Å². The number of ether oxygens (including phenoxy) is 4. The number of hydrogen-bond donors (Lipinski definition) is 3. The van der Waals surface area contributed by atoms with Crippen LogP contribution in [0.3, 0.4) is 0 Å². The number of allylic oxidation sites excluding steroid dienone is 12. The number of hydrogen-bond acceptors (Lipinski definition) is 15. The topological polar surface area (TPSA) is 237 Å². The predicted octanol–water partition coefficient (Wildman–Crippen LogP) is 23.2. The van der Waals surface area contributed by atoms with E-state index < -0.39 is 97.5 Å². The Morgan fingerprint density at radius 1 is 0.280 bits per heavy atom. The van der Waals surface area contributed by atoms with E-state index >= 15 is 0 Å². The third-order valence-electron chi connectivity index (χ3n) is 17.1. The maximum atomic E-state index is 13.1. The molecule has 0 bridgehead atoms. The summed E-state index contributed by atoms with van der Waals surface area (Å²) < 4.78 is 68.6. The van der Waals surface area contributed by atoms with E-state index in [1.807, 2.05) is 0 Å². The van der Waals surface area contributed by atoms with Crippen LogP contribution in [-0.4, -0.2) is 96.7 Å². The van der Waals surface area contributed by atoms with Gasteiger partial charge in [-0.2, -0.15) is 0 Å². The van der Waals surface area contributed by atoms with Crippen LogP contribution in [0.25, 0.3) is 0 Å². The number of unbranched alkanes of at least 4 members (excludes halogenated alkanes) is 38. The number of carbonyl (C=O) groups excluding carboxylic acids is 4. The molecular weight excluding hydrogens is 1310 g/mol. The second kappa shape index (κ2) is 73.8. The van der Waals surface area contributed by atoms with Crippen LogP contribution in [0.2, 0.25) is 0 Å². The van der Waals surface area contributed by atoms with Gasteiger partial charge in [-0.25, -0.2) is 9.13 Å². The van der Waals surface area contributed by atoms with Crippen LogP contribution < -0.4 is 0 Å². The lowest BCUT2D eigenvalue weighted by Gasteiger charge is -2.21. The fourth-order valence-corrected chi connectivity index (χ4v) is 12.5. The predicted molar refractivity (Wildman–Crippen MR) is 409 cm³/mol. The molecule has 100 heavy (non-hydrogen) atoms. The summed E-state index contributed by atoms with van der Waals surface area (Å²) >= 11 is 0. The Hall–Kier alpha value is -3.50. The summed E-state index contributed by atoms with van der Waals surface area (Å²) in [5, 5.41) is 10.6. The summed E-state index contributed by atoms with van der Waals surface area (Å²) in [5.41, 5.74) is 0. The van der Waals surface area contributed by atoms with Crippen LogP contribution in [0.15, 0.2) is 72.9 Å². The van der Waals surface area contributed by atoms with E-state index in [9.17, 15) is 43.2 Å². The molecule has 582 valence electrons. The van der Waals surface area contributed by atoms with E-state index in [0.29, 0.717) is 25.7 Å². The van der Waals surface area contributed by atoms with Gasteiger partial charge in [-0.05, 0) is 122 Å². The molecule has 0 spiro atoms. The zero-order chi connectivity index (χ0) is 73.2. The summed E-state index contributed by atoms with van der Waals surface area (Å²) in [7, 11) is -9.95. The van der Waals surface area contributed by atoms with E-state index in [1.54, 1.807) is 0 Å². The fourth-order valence-electron chi connectivity index (χ4n) is 11.0. The normalized spacial score (nSPS) is 14.3. The molecule has 0 rings (SSSR count). The van der Waals surface area contributed by atoms with Crippen molar-refractivity contribution in [3.05, 3.63) is 72.9 Å². The SMILES string of the molecule is CCCCC/C=C\C/C=C\C/C=C\CCCCCCCCC(=O)OCC(COP(=O)(O)OCC(O)COP(=O)(O)OCC(COC(=O)CCCCCCC/C=C\C/C=C\CCCCC)OC(=O)CCCCCCC/C=C\CCCCCC)OC(=O)CCCCCCCCCCCCCCC. The highest BCUT2D eigenvalue weighted by molar-refractivity contribution is 7.47. The highest BCUT2D eigenvalue weighted by Crippen LogP contribution is 2.45. The molecule has 0 aromatic heterocycles. The van der Waals surface area contributed by atoms with E-state index in [1.165, 1.54) is 116 Å². The van der Waals surface area contributed by atoms with Crippen molar-refractivity contribution in [3.8, 4) is 0 Å². The molecule has 17 nitrogen and oxygen atoms in total. The Morgan fingerprint density at radius 2 is 0.490 bits per heavy atom. The van der Waals surface area contributed by atoms with Crippen LogP contribution in [0.5, 0.6) is 0 Å². The lowest BCUT2D eigenvalue weighted by molar-refractivity contribution is -0.161. The van der Waals surface area contributed by atoms with E-state index in [-0.39, 0.29) is 25.7 Å². The average Bonchev–Trinajstić information content (AvgIpc) is 0.935. The number of carbonyl (C=O) groups is 4. The number of aliphatic hydroxyl groups is 1. The van der Waals surface area contributed by atoms with Gasteiger partial charge in [0.05, 0.1) is 26.4 Å². The standard InChI is InChI=1S/C81H146O17P2/c1-5-9-13-17-21-25-29-33-35-36-37-38-40-44-46-50-54-58-62-66-79(84)92-72-77(98-81(86)68-64-60-56-52-48-42-32-28-24-20-16-12-8-4)74-96-100(89,90)94-70-75(82)69-93-99(87,88)95-73-76(97-80(85)67-63-59-55-51-47-41-31-27-23-19-15-11-7-3)71-91-78(83)65-61-57-53-49-45-43-39-34-30-26-22-18-14-10-6-2/h21-22,25-27,31,33-35,37-39,75-77,82H,5-20,23-24,28-30,32,36,40-74H2,1-4H3,(H,87,88)(H,89,90)/b25-21-,26-22-,31-27-,35-33-,38-37-,39-34-. The number of phosphoric ester groups is 2. The number of rotatable bonds is 76. The van der Waals surface area contributed by atoms with Gasteiger partial charge < -0.3 is 33.8 Å². The van der Waals surface area contributed by atoms with Gasteiger partial charge in [-0.1, -0.05) is 287 Å². The largest absolute Gasteiger partial charge is 0.472 e. The highest BCUT2D eigenvalue weighted by Gasteiger charge is 2.30. The fraction of sp³-hybridized carbons (Fsp3) is 0.802. The Labute approximate surface area is 609 Å². The maximum absolute atomic E-state index is 13.1. The molecule has 0 aliphatic carbocycles. The number of aliphatic hydroxyl groups excluding tert-OH is 1. The third-order valence-corrected chi connectivity index (χ3v) is 19.0. The molecule has 0 aliphatic rings. The Kier molecular flexibility index (Phi) is 71.2. The van der Waals surface area contributed by atoms with Gasteiger partial charge in [-0.15, -0.1) is 0 Å². The molecule has 5 atom stereocenters. The molecule has 5 unspecified atom stereocenters. The number of phosphoric acid groups is 2. The monoisotopic (exact) mass is 1450 g/mol. The van der Waals surface area contributed by atoms with Gasteiger partial charge in [0.15, 0.2) is 12.2 Å². The molecule has 0 radical (unpaired) electrons. The zero-order valence-electron chi connectivity index (χ0n) is 63.6. The second-order valence-electron chi connectivity index (χ2n) is 27.0. The Bertz CT molecular complexity index is 2180. The van der Waals surface area contributed by atoms with Crippen molar-refractivity contribution in [1.29, 1.82) is 0 Å². The third kappa shape index (κ3) is 72.8. The molecule has 0 fully saturated rings. The second-order valence-corrected chi connectivity index (χ2v) is 29.9. The van der Waals surface area contributed by atoms with E-state index in [4.69, 9.17) is 37.0 Å². The smallest absolute Gasteiger partial charge is 0.462 e. The lowest BCUT2D eigenvalue weighted by Crippen LogP contribution is -2.30. The molecule has 19 heteroatoms. The minimum atomic E-state index is -4.97. The molecule has 0 aromatic rings. The van der Waals surface area contributed by atoms with Gasteiger partial charge in [-0.3, -0.25) is 37.3 Å². The molecule has 0 heterocycles. The molecule has 0 saturated heterocycles. The summed E-state index contributed by atoms with van der Waals surface area (Å²) in [6.07, 6.45) is 74.4. The summed E-state index contributed by atoms with van der Waals surface area (Å²) in [5.74, 6) is -2.18.